The lowest BCUT2D eigenvalue weighted by atomic mass is 10.1. The third-order valence-corrected chi connectivity index (χ3v) is 5.54. The first kappa shape index (κ1) is 19.4. The van der Waals surface area contributed by atoms with Crippen molar-refractivity contribution in [2.45, 2.75) is 42.8 Å². The van der Waals surface area contributed by atoms with Crippen molar-refractivity contribution < 1.29 is 19.1 Å². The van der Waals surface area contributed by atoms with Crippen LogP contribution in [0.1, 0.15) is 30.1 Å². The van der Waals surface area contributed by atoms with Crippen LogP contribution in [0.5, 0.6) is 0 Å². The van der Waals surface area contributed by atoms with Crippen molar-refractivity contribution >= 4 is 34.5 Å². The van der Waals surface area contributed by atoms with Crippen molar-refractivity contribution in [3.63, 3.8) is 0 Å². The van der Waals surface area contributed by atoms with E-state index in [1.807, 2.05) is 0 Å². The van der Waals surface area contributed by atoms with Crippen molar-refractivity contribution in [3.05, 3.63) is 34.1 Å². The van der Waals surface area contributed by atoms with E-state index < -0.39 is 17.1 Å². The van der Waals surface area contributed by atoms with Gasteiger partial charge >= 0.3 is 5.97 Å². The smallest absolute Gasteiger partial charge is 0.337 e. The molecule has 2 heterocycles. The molecule has 2 N–H and O–H groups in total. The number of amides is 1. The molecule has 0 unspecified atom stereocenters. The largest absolute Gasteiger partial charge is 0.465 e. The first-order chi connectivity index (χ1) is 12.9. The first-order valence-electron chi connectivity index (χ1n) is 8.61. The molecule has 3 rings (SSSR count). The number of esters is 1. The Morgan fingerprint density at radius 3 is 2.89 bits per heavy atom. The molecule has 0 saturated carbocycles. The van der Waals surface area contributed by atoms with Gasteiger partial charge in [0.25, 0.3) is 5.56 Å². The van der Waals surface area contributed by atoms with Gasteiger partial charge in [-0.15, -0.1) is 0 Å². The van der Waals surface area contributed by atoms with E-state index in [4.69, 9.17) is 15.2 Å². The van der Waals surface area contributed by atoms with Crippen molar-refractivity contribution in [3.8, 4) is 0 Å². The van der Waals surface area contributed by atoms with Crippen LogP contribution in [0, 0.1) is 0 Å². The summed E-state index contributed by atoms with van der Waals surface area (Å²) in [4.78, 5) is 40.9. The quantitative estimate of drug-likeness (QED) is 0.449. The standard InChI is InChI=1S/C18H21N3O5S/c1-10(15(19)22)27-18-20-14-8-11(17(24)25-2)5-6-13(14)16(23)21(18)9-12-4-3-7-26-12/h5-6,8,10,12H,3-4,7,9H2,1-2H3,(H2,19,22)/t10-,12+/m0/s1. The van der Waals surface area contributed by atoms with Crippen molar-refractivity contribution in [1.82, 2.24) is 9.55 Å². The highest BCUT2D eigenvalue weighted by molar-refractivity contribution is 8.00. The van der Waals surface area contributed by atoms with E-state index in [0.29, 0.717) is 34.8 Å². The van der Waals surface area contributed by atoms with E-state index in [1.165, 1.54) is 23.8 Å². The molecular formula is C18H21N3O5S. The molecule has 144 valence electrons. The summed E-state index contributed by atoms with van der Waals surface area (Å²) in [6.07, 6.45) is 1.74. The minimum atomic E-state index is -0.561. The van der Waals surface area contributed by atoms with Gasteiger partial charge in [0.1, 0.15) is 0 Å². The lowest BCUT2D eigenvalue weighted by Crippen LogP contribution is -2.30. The maximum Gasteiger partial charge on any atom is 0.337 e. The number of ether oxygens (including phenoxy) is 2. The molecule has 9 heteroatoms. The van der Waals surface area contributed by atoms with E-state index in [2.05, 4.69) is 4.98 Å². The van der Waals surface area contributed by atoms with Crippen LogP contribution < -0.4 is 11.3 Å². The molecule has 0 radical (unpaired) electrons. The maximum atomic E-state index is 13.1. The summed E-state index contributed by atoms with van der Waals surface area (Å²) in [6.45, 7) is 2.68. The molecule has 0 aliphatic carbocycles. The summed E-state index contributed by atoms with van der Waals surface area (Å²) in [7, 11) is 1.29. The number of hydrogen-bond acceptors (Lipinski definition) is 7. The molecule has 1 amide bonds. The lowest BCUT2D eigenvalue weighted by Gasteiger charge is -2.18. The van der Waals surface area contributed by atoms with E-state index in [9.17, 15) is 14.4 Å². The van der Waals surface area contributed by atoms with Gasteiger partial charge in [-0.1, -0.05) is 11.8 Å². The number of hydrogen-bond donors (Lipinski definition) is 1. The molecule has 1 aromatic heterocycles. The fourth-order valence-corrected chi connectivity index (χ4v) is 3.77. The highest BCUT2D eigenvalue weighted by atomic mass is 32.2. The third-order valence-electron chi connectivity index (χ3n) is 4.43. The highest BCUT2D eigenvalue weighted by Gasteiger charge is 2.22. The van der Waals surface area contributed by atoms with Crippen LogP contribution in [0.25, 0.3) is 10.9 Å². The topological polar surface area (TPSA) is 114 Å². The fraction of sp³-hybridized carbons (Fsp3) is 0.444. The summed E-state index contributed by atoms with van der Waals surface area (Å²) in [5.74, 6) is -1.01. The Hall–Kier alpha value is -2.39. The number of methoxy groups -OCH3 is 1. The molecule has 1 saturated heterocycles. The summed E-state index contributed by atoms with van der Waals surface area (Å²) in [5.41, 5.74) is 5.79. The van der Waals surface area contributed by atoms with E-state index in [-0.39, 0.29) is 11.7 Å². The molecule has 27 heavy (non-hydrogen) atoms. The normalized spacial score (nSPS) is 17.8. The van der Waals surface area contributed by atoms with Crippen LogP contribution in [0.2, 0.25) is 0 Å². The minimum absolute atomic E-state index is 0.0699. The Balaban J connectivity index is 2.11. The molecular weight excluding hydrogens is 370 g/mol. The SMILES string of the molecule is COC(=O)c1ccc2c(=O)n(C[C@H]3CCCO3)c(S[C@@H](C)C(N)=O)nc2c1. The van der Waals surface area contributed by atoms with Gasteiger partial charge in [0.05, 0.1) is 41.5 Å². The zero-order valence-corrected chi connectivity index (χ0v) is 16.0. The molecule has 2 atom stereocenters. The van der Waals surface area contributed by atoms with Gasteiger partial charge in [-0.25, -0.2) is 9.78 Å². The van der Waals surface area contributed by atoms with Gasteiger partial charge in [-0.2, -0.15) is 0 Å². The minimum Gasteiger partial charge on any atom is -0.465 e. The summed E-state index contributed by atoms with van der Waals surface area (Å²) in [5, 5.41) is 0.196. The highest BCUT2D eigenvalue weighted by Crippen LogP contribution is 2.24. The zero-order valence-electron chi connectivity index (χ0n) is 15.1. The van der Waals surface area contributed by atoms with Crippen molar-refractivity contribution in [2.75, 3.05) is 13.7 Å². The molecule has 0 spiro atoms. The van der Waals surface area contributed by atoms with Gasteiger partial charge in [0, 0.05) is 6.61 Å². The summed E-state index contributed by atoms with van der Waals surface area (Å²) >= 11 is 1.12. The Bertz CT molecular complexity index is 936. The Morgan fingerprint density at radius 1 is 1.48 bits per heavy atom. The predicted octanol–water partition coefficient (Wildman–Crippen LogP) is 1.33. The lowest BCUT2D eigenvalue weighted by molar-refractivity contribution is -0.117. The van der Waals surface area contributed by atoms with Gasteiger partial charge in [0.15, 0.2) is 5.16 Å². The summed E-state index contributed by atoms with van der Waals surface area (Å²) in [6, 6.07) is 4.61. The molecule has 1 fully saturated rings. The van der Waals surface area contributed by atoms with Crippen LogP contribution >= 0.6 is 11.8 Å². The van der Waals surface area contributed by atoms with E-state index in [1.54, 1.807) is 13.0 Å². The van der Waals surface area contributed by atoms with Crippen LogP contribution in [-0.4, -0.2) is 46.5 Å². The number of nitrogens with zero attached hydrogens (tertiary/aromatic N) is 2. The summed E-state index contributed by atoms with van der Waals surface area (Å²) < 4.78 is 11.9. The second-order valence-corrected chi connectivity index (χ2v) is 7.64. The number of primary amides is 1. The van der Waals surface area contributed by atoms with Crippen LogP contribution in [0.15, 0.2) is 28.2 Å². The second kappa shape index (κ2) is 8.10. The van der Waals surface area contributed by atoms with Crippen molar-refractivity contribution in [1.29, 1.82) is 0 Å². The average molecular weight is 391 g/mol. The molecule has 0 bridgehead atoms. The number of thioether (sulfide) groups is 1. The Morgan fingerprint density at radius 2 is 2.26 bits per heavy atom. The molecule has 1 aliphatic rings. The number of fused-ring (bicyclic) bond motifs is 1. The van der Waals surface area contributed by atoms with E-state index in [0.717, 1.165) is 24.6 Å². The average Bonchev–Trinajstić information content (AvgIpc) is 3.16. The first-order valence-corrected chi connectivity index (χ1v) is 9.49. The number of nitrogens with two attached hydrogens (primary N) is 1. The molecule has 1 aromatic carbocycles. The van der Waals surface area contributed by atoms with Gasteiger partial charge in [-0.05, 0) is 38.0 Å². The fourth-order valence-electron chi connectivity index (χ4n) is 2.90. The number of carbonyl (C=O) groups is 2. The van der Waals surface area contributed by atoms with Crippen LogP contribution in [-0.2, 0) is 20.8 Å². The molecule has 2 aromatic rings. The van der Waals surface area contributed by atoms with Crippen LogP contribution in [0.3, 0.4) is 0 Å². The van der Waals surface area contributed by atoms with Crippen molar-refractivity contribution in [2.24, 2.45) is 5.73 Å². The van der Waals surface area contributed by atoms with Gasteiger partial charge in [0.2, 0.25) is 5.91 Å². The molecule has 8 nitrogen and oxygen atoms in total. The third kappa shape index (κ3) is 4.14. The second-order valence-electron chi connectivity index (χ2n) is 6.33. The van der Waals surface area contributed by atoms with Crippen LogP contribution in [0.4, 0.5) is 0 Å². The zero-order chi connectivity index (χ0) is 19.6. The van der Waals surface area contributed by atoms with Gasteiger partial charge in [-0.3, -0.25) is 14.2 Å². The van der Waals surface area contributed by atoms with E-state index >= 15 is 0 Å². The number of carbonyl (C=O) groups excluding carboxylic acids is 2. The predicted molar refractivity (Wildman–Crippen MR) is 101 cm³/mol. The monoisotopic (exact) mass is 391 g/mol. The Labute approximate surface area is 160 Å². The number of rotatable bonds is 6. The van der Waals surface area contributed by atoms with Gasteiger partial charge < -0.3 is 15.2 Å². The number of benzene rings is 1. The number of aromatic nitrogens is 2. The Kier molecular flexibility index (Phi) is 5.81. The maximum absolute atomic E-state index is 13.1. The molecule has 1 aliphatic heterocycles.